The number of hydrogen-bond acceptors (Lipinski definition) is 6. The number of carbonyl (C=O) groups excluding carboxylic acids is 1. The van der Waals surface area contributed by atoms with E-state index < -0.39 is 24.5 Å². The van der Waals surface area contributed by atoms with Crippen molar-refractivity contribution in [3.8, 4) is 0 Å². The standard InChI is InChI=1S/C18H22O6/c1-21-17(20)10-9-14-13(19)7-8-15-16(23-14)11-22-18(24-15)12-5-3-2-4-6-12/h2-6,9-10,13-16,18-19H,7-8,11H2,1H3/b10-9+/t13-,14+,15+,16-,18-/m1/s1. The molecule has 5 atom stereocenters. The van der Waals surface area contributed by atoms with Crippen LogP contribution < -0.4 is 0 Å². The Bertz CT molecular complexity index is 572. The summed E-state index contributed by atoms with van der Waals surface area (Å²) in [5, 5.41) is 10.2. The van der Waals surface area contributed by atoms with Crippen LogP contribution in [0.15, 0.2) is 42.5 Å². The van der Waals surface area contributed by atoms with Gasteiger partial charge in [-0.25, -0.2) is 4.79 Å². The van der Waals surface area contributed by atoms with Crippen molar-refractivity contribution < 1.29 is 28.8 Å². The van der Waals surface area contributed by atoms with E-state index in [0.29, 0.717) is 19.4 Å². The van der Waals surface area contributed by atoms with Crippen LogP contribution in [0.3, 0.4) is 0 Å². The van der Waals surface area contributed by atoms with Gasteiger partial charge >= 0.3 is 5.97 Å². The van der Waals surface area contributed by atoms with Crippen molar-refractivity contribution >= 4 is 5.97 Å². The molecular formula is C18H22O6. The van der Waals surface area contributed by atoms with Crippen molar-refractivity contribution in [2.45, 2.75) is 43.5 Å². The quantitative estimate of drug-likeness (QED) is 0.670. The van der Waals surface area contributed by atoms with E-state index in [1.165, 1.54) is 19.3 Å². The van der Waals surface area contributed by atoms with Gasteiger partial charge in [0.1, 0.15) is 12.2 Å². The molecule has 6 heteroatoms. The van der Waals surface area contributed by atoms with Gasteiger partial charge in [-0.15, -0.1) is 0 Å². The molecule has 2 aliphatic heterocycles. The number of carbonyl (C=O) groups is 1. The average molecular weight is 334 g/mol. The summed E-state index contributed by atoms with van der Waals surface area (Å²) >= 11 is 0. The van der Waals surface area contributed by atoms with Crippen LogP contribution in [0.25, 0.3) is 0 Å². The largest absolute Gasteiger partial charge is 0.466 e. The van der Waals surface area contributed by atoms with E-state index in [1.54, 1.807) is 0 Å². The SMILES string of the molecule is COC(=O)/C=C/[C@@H]1O[C@@H]2CO[C@@H](c3ccccc3)O[C@H]2CC[C@H]1O. The molecule has 0 aromatic heterocycles. The van der Waals surface area contributed by atoms with E-state index in [2.05, 4.69) is 4.74 Å². The molecule has 0 bridgehead atoms. The highest BCUT2D eigenvalue weighted by Crippen LogP contribution is 2.33. The summed E-state index contributed by atoms with van der Waals surface area (Å²) in [6.45, 7) is 0.375. The Kier molecular flexibility index (Phi) is 5.63. The number of fused-ring (bicyclic) bond motifs is 1. The molecule has 0 spiro atoms. The first kappa shape index (κ1) is 17.1. The van der Waals surface area contributed by atoms with Crippen molar-refractivity contribution in [3.05, 3.63) is 48.0 Å². The van der Waals surface area contributed by atoms with Gasteiger partial charge in [-0.3, -0.25) is 0 Å². The minimum atomic E-state index is -0.699. The second kappa shape index (κ2) is 7.90. The predicted molar refractivity (Wildman–Crippen MR) is 85.1 cm³/mol. The van der Waals surface area contributed by atoms with Crippen LogP contribution in [0.2, 0.25) is 0 Å². The number of rotatable bonds is 3. The Balaban J connectivity index is 1.66. The third-order valence-corrected chi connectivity index (χ3v) is 4.28. The molecule has 6 nitrogen and oxygen atoms in total. The highest BCUT2D eigenvalue weighted by atomic mass is 16.7. The van der Waals surface area contributed by atoms with Gasteiger partial charge in [0.05, 0.1) is 25.9 Å². The Morgan fingerprint density at radius 2 is 2.00 bits per heavy atom. The molecule has 2 aliphatic rings. The minimum Gasteiger partial charge on any atom is -0.466 e. The first-order valence-corrected chi connectivity index (χ1v) is 8.09. The summed E-state index contributed by atoms with van der Waals surface area (Å²) in [7, 11) is 1.31. The first-order chi connectivity index (χ1) is 11.7. The van der Waals surface area contributed by atoms with Crippen molar-refractivity contribution in [2.75, 3.05) is 13.7 Å². The lowest BCUT2D eigenvalue weighted by atomic mass is 10.0. The molecular weight excluding hydrogens is 312 g/mol. The normalized spacial score (nSPS) is 33.7. The fourth-order valence-electron chi connectivity index (χ4n) is 2.95. The van der Waals surface area contributed by atoms with Crippen LogP contribution in [0.1, 0.15) is 24.7 Å². The summed E-state index contributed by atoms with van der Waals surface area (Å²) in [4.78, 5) is 11.2. The van der Waals surface area contributed by atoms with Gasteiger partial charge in [-0.05, 0) is 18.9 Å². The van der Waals surface area contributed by atoms with Gasteiger partial charge < -0.3 is 24.1 Å². The van der Waals surface area contributed by atoms with Crippen LogP contribution in [0, 0.1) is 0 Å². The highest BCUT2D eigenvalue weighted by Gasteiger charge is 2.38. The van der Waals surface area contributed by atoms with E-state index in [-0.39, 0.29) is 12.2 Å². The fraction of sp³-hybridized carbons (Fsp3) is 0.500. The van der Waals surface area contributed by atoms with E-state index in [9.17, 15) is 9.90 Å². The van der Waals surface area contributed by atoms with Crippen molar-refractivity contribution in [2.24, 2.45) is 0 Å². The highest BCUT2D eigenvalue weighted by molar-refractivity contribution is 5.81. The van der Waals surface area contributed by atoms with Gasteiger partial charge in [-0.1, -0.05) is 30.3 Å². The monoisotopic (exact) mass is 334 g/mol. The van der Waals surface area contributed by atoms with Crippen molar-refractivity contribution in [3.63, 3.8) is 0 Å². The van der Waals surface area contributed by atoms with Crippen LogP contribution in [-0.4, -0.2) is 49.2 Å². The molecule has 1 N–H and O–H groups in total. The molecule has 2 saturated heterocycles. The molecule has 3 rings (SSSR count). The molecule has 0 aliphatic carbocycles. The summed E-state index contributed by atoms with van der Waals surface area (Å²) in [6.07, 6.45) is 1.85. The second-order valence-electron chi connectivity index (χ2n) is 5.92. The van der Waals surface area contributed by atoms with Crippen LogP contribution in [0.5, 0.6) is 0 Å². The Labute approximate surface area is 141 Å². The zero-order valence-electron chi connectivity index (χ0n) is 13.5. The van der Waals surface area contributed by atoms with Gasteiger partial charge in [-0.2, -0.15) is 0 Å². The summed E-state index contributed by atoms with van der Waals surface area (Å²) < 4.78 is 22.3. The molecule has 1 aromatic carbocycles. The molecule has 2 fully saturated rings. The van der Waals surface area contributed by atoms with Crippen LogP contribution in [0.4, 0.5) is 0 Å². The molecule has 0 radical (unpaired) electrons. The number of benzene rings is 1. The maximum atomic E-state index is 11.2. The van der Waals surface area contributed by atoms with E-state index in [4.69, 9.17) is 14.2 Å². The maximum absolute atomic E-state index is 11.2. The van der Waals surface area contributed by atoms with Crippen molar-refractivity contribution in [1.82, 2.24) is 0 Å². The van der Waals surface area contributed by atoms with Gasteiger partial charge in [0.2, 0.25) is 0 Å². The zero-order valence-corrected chi connectivity index (χ0v) is 13.5. The van der Waals surface area contributed by atoms with Crippen LogP contribution >= 0.6 is 0 Å². The maximum Gasteiger partial charge on any atom is 0.330 e. The lowest BCUT2D eigenvalue weighted by Crippen LogP contribution is -2.42. The first-order valence-electron chi connectivity index (χ1n) is 8.09. The Morgan fingerprint density at radius 1 is 1.21 bits per heavy atom. The topological polar surface area (TPSA) is 74.2 Å². The molecule has 130 valence electrons. The molecule has 0 saturated carbocycles. The third kappa shape index (κ3) is 4.02. The van der Waals surface area contributed by atoms with Crippen molar-refractivity contribution in [1.29, 1.82) is 0 Å². The number of hydrogen-bond donors (Lipinski definition) is 1. The molecule has 0 amide bonds. The fourth-order valence-corrected chi connectivity index (χ4v) is 2.95. The smallest absolute Gasteiger partial charge is 0.330 e. The van der Waals surface area contributed by atoms with Gasteiger partial charge in [0.25, 0.3) is 0 Å². The number of methoxy groups -OCH3 is 1. The van der Waals surface area contributed by atoms with E-state index >= 15 is 0 Å². The van der Waals surface area contributed by atoms with Crippen LogP contribution in [-0.2, 0) is 23.7 Å². The second-order valence-corrected chi connectivity index (χ2v) is 5.92. The molecule has 2 heterocycles. The zero-order chi connectivity index (χ0) is 16.9. The summed E-state index contributed by atoms with van der Waals surface area (Å²) in [5.41, 5.74) is 0.961. The summed E-state index contributed by atoms with van der Waals surface area (Å²) in [6, 6.07) is 9.74. The van der Waals surface area contributed by atoms with E-state index in [0.717, 1.165) is 5.56 Å². The average Bonchev–Trinajstić information content (AvgIpc) is 2.79. The van der Waals surface area contributed by atoms with Gasteiger partial charge in [0.15, 0.2) is 6.29 Å². The van der Waals surface area contributed by atoms with E-state index in [1.807, 2.05) is 30.3 Å². The lowest BCUT2D eigenvalue weighted by Gasteiger charge is -2.36. The summed E-state index contributed by atoms with van der Waals surface area (Å²) in [5.74, 6) is -0.480. The third-order valence-electron chi connectivity index (χ3n) is 4.28. The Morgan fingerprint density at radius 3 is 2.75 bits per heavy atom. The number of esters is 1. The predicted octanol–water partition coefficient (Wildman–Crippen LogP) is 1.74. The lowest BCUT2D eigenvalue weighted by molar-refractivity contribution is -0.267. The number of ether oxygens (including phenoxy) is 4. The Hall–Kier alpha value is -1.73. The number of aliphatic hydroxyl groups excluding tert-OH is 1. The molecule has 24 heavy (non-hydrogen) atoms. The minimum absolute atomic E-state index is 0.157. The van der Waals surface area contributed by atoms with Gasteiger partial charge in [0, 0.05) is 11.6 Å². The number of aliphatic hydroxyl groups is 1. The molecule has 1 aromatic rings. The molecule has 0 unspecified atom stereocenters.